The number of aliphatic hydroxyl groups excluding tert-OH is 1. The van der Waals surface area contributed by atoms with Gasteiger partial charge in [-0.25, -0.2) is 4.39 Å². The van der Waals surface area contributed by atoms with E-state index in [0.29, 0.717) is 13.2 Å². The zero-order valence-electron chi connectivity index (χ0n) is 12.4. The van der Waals surface area contributed by atoms with Crippen LogP contribution in [0.15, 0.2) is 48.8 Å². The molecule has 0 saturated carbocycles. The van der Waals surface area contributed by atoms with Crippen LogP contribution in [0.3, 0.4) is 0 Å². The fourth-order valence-corrected chi connectivity index (χ4v) is 2.86. The van der Waals surface area contributed by atoms with Crippen LogP contribution in [0, 0.1) is 5.82 Å². The van der Waals surface area contributed by atoms with Gasteiger partial charge in [0.15, 0.2) is 5.82 Å². The summed E-state index contributed by atoms with van der Waals surface area (Å²) in [7, 11) is 0. The number of nitrogens with zero attached hydrogens (tertiary/aromatic N) is 2. The molecule has 1 fully saturated rings. The first-order chi connectivity index (χ1) is 11.2. The highest BCUT2D eigenvalue weighted by Crippen LogP contribution is 2.31. The number of morpholine rings is 1. The molecule has 1 aromatic carbocycles. The minimum atomic E-state index is -0.656. The van der Waals surface area contributed by atoms with Gasteiger partial charge in [0.05, 0.1) is 31.0 Å². The largest absolute Gasteiger partial charge is 0.394 e. The molecular formula is C17H17FN2O3. The molecule has 120 valence electrons. The third kappa shape index (κ3) is 3.09. The number of pyridine rings is 1. The van der Waals surface area contributed by atoms with Crippen molar-refractivity contribution in [3.05, 3.63) is 65.7 Å². The van der Waals surface area contributed by atoms with E-state index >= 15 is 0 Å². The summed E-state index contributed by atoms with van der Waals surface area (Å²) in [5.41, 5.74) is 0.814. The monoisotopic (exact) mass is 316 g/mol. The van der Waals surface area contributed by atoms with Gasteiger partial charge in [-0.05, 0) is 11.6 Å². The Morgan fingerprint density at radius 3 is 2.83 bits per heavy atom. The van der Waals surface area contributed by atoms with Gasteiger partial charge in [-0.1, -0.05) is 30.3 Å². The van der Waals surface area contributed by atoms with Gasteiger partial charge >= 0.3 is 0 Å². The van der Waals surface area contributed by atoms with Crippen molar-refractivity contribution in [3.8, 4) is 0 Å². The summed E-state index contributed by atoms with van der Waals surface area (Å²) in [6.45, 7) is 0.409. The average molecular weight is 316 g/mol. The van der Waals surface area contributed by atoms with Gasteiger partial charge in [-0.15, -0.1) is 0 Å². The van der Waals surface area contributed by atoms with Gasteiger partial charge in [0.2, 0.25) is 0 Å². The number of rotatable bonds is 3. The molecule has 6 heteroatoms. The number of halogens is 1. The topological polar surface area (TPSA) is 62.7 Å². The Hall–Kier alpha value is -2.31. The number of benzene rings is 1. The smallest absolute Gasteiger partial charge is 0.257 e. The molecule has 0 aliphatic carbocycles. The SMILES string of the molecule is O=C(c1ccncc1F)N1CCO[C@@H](CO)[C@@H]1c1ccccc1. The number of amides is 1. The maximum absolute atomic E-state index is 13.9. The van der Waals surface area contributed by atoms with E-state index in [1.807, 2.05) is 30.3 Å². The molecule has 0 spiro atoms. The zero-order chi connectivity index (χ0) is 16.2. The number of aromatic nitrogens is 1. The molecule has 1 aliphatic rings. The number of ether oxygens (including phenoxy) is 1. The van der Waals surface area contributed by atoms with E-state index in [0.717, 1.165) is 11.8 Å². The average Bonchev–Trinajstić information content (AvgIpc) is 2.61. The molecule has 23 heavy (non-hydrogen) atoms. The molecule has 1 amide bonds. The van der Waals surface area contributed by atoms with Crippen LogP contribution >= 0.6 is 0 Å². The molecule has 2 aromatic rings. The first-order valence-electron chi connectivity index (χ1n) is 7.40. The van der Waals surface area contributed by atoms with Crippen molar-refractivity contribution in [2.24, 2.45) is 0 Å². The first kappa shape index (κ1) is 15.6. The van der Waals surface area contributed by atoms with E-state index in [-0.39, 0.29) is 12.2 Å². The van der Waals surface area contributed by atoms with Crippen LogP contribution in [0.25, 0.3) is 0 Å². The van der Waals surface area contributed by atoms with Gasteiger partial charge in [0.25, 0.3) is 5.91 Å². The quantitative estimate of drug-likeness (QED) is 0.938. The van der Waals surface area contributed by atoms with Crippen molar-refractivity contribution in [1.29, 1.82) is 0 Å². The number of carbonyl (C=O) groups is 1. The van der Waals surface area contributed by atoms with Crippen LogP contribution < -0.4 is 0 Å². The van der Waals surface area contributed by atoms with Crippen molar-refractivity contribution < 1.29 is 19.0 Å². The molecule has 2 heterocycles. The van der Waals surface area contributed by atoms with Crippen molar-refractivity contribution in [3.63, 3.8) is 0 Å². The molecule has 1 aromatic heterocycles. The van der Waals surface area contributed by atoms with E-state index in [2.05, 4.69) is 4.98 Å². The minimum absolute atomic E-state index is 0.0282. The van der Waals surface area contributed by atoms with Gasteiger partial charge in [0.1, 0.15) is 6.10 Å². The molecular weight excluding hydrogens is 299 g/mol. The highest BCUT2D eigenvalue weighted by molar-refractivity contribution is 5.94. The Bertz CT molecular complexity index is 681. The summed E-state index contributed by atoms with van der Waals surface area (Å²) < 4.78 is 19.5. The second-order valence-electron chi connectivity index (χ2n) is 5.30. The second-order valence-corrected chi connectivity index (χ2v) is 5.30. The third-order valence-electron chi connectivity index (χ3n) is 3.94. The van der Waals surface area contributed by atoms with E-state index in [1.54, 1.807) is 4.90 Å². The van der Waals surface area contributed by atoms with E-state index < -0.39 is 23.9 Å². The number of aliphatic hydroxyl groups is 1. The Labute approximate surface area is 133 Å². The summed E-state index contributed by atoms with van der Waals surface area (Å²) >= 11 is 0. The maximum atomic E-state index is 13.9. The lowest BCUT2D eigenvalue weighted by Crippen LogP contribution is -2.49. The Balaban J connectivity index is 1.98. The molecule has 0 bridgehead atoms. The summed E-state index contributed by atoms with van der Waals surface area (Å²) in [6, 6.07) is 10.2. The first-order valence-corrected chi connectivity index (χ1v) is 7.40. The van der Waals surface area contributed by atoms with Crippen LogP contribution in [-0.2, 0) is 4.74 Å². The van der Waals surface area contributed by atoms with Crippen LogP contribution in [0.4, 0.5) is 4.39 Å². The molecule has 0 unspecified atom stereocenters. The normalized spacial score (nSPS) is 21.2. The van der Waals surface area contributed by atoms with Crippen LogP contribution in [0.5, 0.6) is 0 Å². The molecule has 1 N–H and O–H groups in total. The summed E-state index contributed by atoms with van der Waals surface area (Å²) in [6.07, 6.45) is 1.87. The van der Waals surface area contributed by atoms with Gasteiger partial charge in [-0.2, -0.15) is 0 Å². The zero-order valence-corrected chi connectivity index (χ0v) is 12.4. The molecule has 3 rings (SSSR count). The Kier molecular flexibility index (Phi) is 4.64. The molecule has 5 nitrogen and oxygen atoms in total. The third-order valence-corrected chi connectivity index (χ3v) is 3.94. The van der Waals surface area contributed by atoms with Gasteiger partial charge in [0, 0.05) is 12.7 Å². The summed E-state index contributed by atoms with van der Waals surface area (Å²) in [4.78, 5) is 18.0. The van der Waals surface area contributed by atoms with Gasteiger partial charge < -0.3 is 14.7 Å². The lowest BCUT2D eigenvalue weighted by atomic mass is 9.97. The molecule has 1 saturated heterocycles. The molecule has 1 aliphatic heterocycles. The van der Waals surface area contributed by atoms with Crippen LogP contribution in [0.2, 0.25) is 0 Å². The number of carbonyl (C=O) groups excluding carboxylic acids is 1. The lowest BCUT2D eigenvalue weighted by molar-refractivity contribution is -0.0812. The van der Waals surface area contributed by atoms with E-state index in [1.165, 1.54) is 12.3 Å². The number of hydrogen-bond donors (Lipinski definition) is 1. The van der Waals surface area contributed by atoms with Crippen LogP contribution in [0.1, 0.15) is 22.0 Å². The Morgan fingerprint density at radius 1 is 1.35 bits per heavy atom. The fourth-order valence-electron chi connectivity index (χ4n) is 2.86. The second kappa shape index (κ2) is 6.85. The molecule has 0 radical (unpaired) electrons. The lowest BCUT2D eigenvalue weighted by Gasteiger charge is -2.41. The van der Waals surface area contributed by atoms with Crippen LogP contribution in [-0.4, -0.2) is 46.8 Å². The summed E-state index contributed by atoms with van der Waals surface area (Å²) in [5.74, 6) is -1.09. The predicted molar refractivity (Wildman–Crippen MR) is 81.2 cm³/mol. The van der Waals surface area contributed by atoms with E-state index in [4.69, 9.17) is 4.74 Å². The minimum Gasteiger partial charge on any atom is -0.394 e. The van der Waals surface area contributed by atoms with E-state index in [9.17, 15) is 14.3 Å². The fraction of sp³-hybridized carbons (Fsp3) is 0.294. The highest BCUT2D eigenvalue weighted by atomic mass is 19.1. The number of hydrogen-bond acceptors (Lipinski definition) is 4. The van der Waals surface area contributed by atoms with Gasteiger partial charge in [-0.3, -0.25) is 9.78 Å². The highest BCUT2D eigenvalue weighted by Gasteiger charge is 2.37. The van der Waals surface area contributed by atoms with Crippen molar-refractivity contribution in [1.82, 2.24) is 9.88 Å². The standard InChI is InChI=1S/C17H17FN2O3/c18-14-10-19-7-6-13(14)17(22)20-8-9-23-15(11-21)16(20)12-4-2-1-3-5-12/h1-7,10,15-16,21H,8-9,11H2/t15-,16-/m0/s1. The van der Waals surface area contributed by atoms with Crippen molar-refractivity contribution >= 4 is 5.91 Å². The predicted octanol–water partition coefficient (Wildman–Crippen LogP) is 1.80. The molecule has 2 atom stereocenters. The maximum Gasteiger partial charge on any atom is 0.257 e. The Morgan fingerprint density at radius 2 is 2.13 bits per heavy atom. The van der Waals surface area contributed by atoms with Crippen molar-refractivity contribution in [2.45, 2.75) is 12.1 Å². The van der Waals surface area contributed by atoms with Crippen molar-refractivity contribution in [2.75, 3.05) is 19.8 Å². The summed E-state index contributed by atoms with van der Waals surface area (Å²) in [5, 5.41) is 9.60.